The van der Waals surface area contributed by atoms with Crippen LogP contribution in [-0.2, 0) is 18.1 Å². The first-order chi connectivity index (χ1) is 7.69. The molecule has 0 radical (unpaired) electrons. The van der Waals surface area contributed by atoms with E-state index in [1.54, 1.807) is 10.8 Å². The summed E-state index contributed by atoms with van der Waals surface area (Å²) in [6.07, 6.45) is 2.46. The number of carbonyl (C=O) groups is 1. The van der Waals surface area contributed by atoms with E-state index in [2.05, 4.69) is 38.8 Å². The molecule has 0 spiro atoms. The third-order valence-electron chi connectivity index (χ3n) is 3.61. The summed E-state index contributed by atoms with van der Waals surface area (Å²) in [5.74, 6) is 0.443. The summed E-state index contributed by atoms with van der Waals surface area (Å²) in [7, 11) is 0.0934. The third-order valence-corrected chi connectivity index (χ3v) is 8.09. The van der Waals surface area contributed by atoms with Gasteiger partial charge in [-0.05, 0) is 18.1 Å². The Kier molecular flexibility index (Phi) is 3.94. The number of carbonyl (C=O) groups excluding carboxylic acids is 1. The molecule has 0 bridgehead atoms. The van der Waals surface area contributed by atoms with Crippen molar-refractivity contribution < 1.29 is 9.22 Å². The molecular weight excluding hydrogens is 232 g/mol. The number of nitrogens with zero attached hydrogens (tertiary/aromatic N) is 2. The SMILES string of the molecule is Cn1c(CO[Si](C)(C)C(C)(C)C)cnc1C=O. The van der Waals surface area contributed by atoms with Crippen LogP contribution in [0.3, 0.4) is 0 Å². The van der Waals surface area contributed by atoms with Crippen molar-refractivity contribution in [2.45, 2.75) is 45.5 Å². The number of rotatable bonds is 4. The average Bonchev–Trinajstić information content (AvgIpc) is 2.55. The molecule has 0 saturated carbocycles. The fourth-order valence-corrected chi connectivity index (χ4v) is 2.12. The number of aromatic nitrogens is 2. The molecule has 0 unspecified atom stereocenters. The quantitative estimate of drug-likeness (QED) is 0.613. The normalized spacial score (nSPS) is 12.8. The van der Waals surface area contributed by atoms with Gasteiger partial charge in [0.2, 0.25) is 0 Å². The highest BCUT2D eigenvalue weighted by Crippen LogP contribution is 2.36. The highest BCUT2D eigenvalue weighted by atomic mass is 28.4. The highest BCUT2D eigenvalue weighted by Gasteiger charge is 2.37. The van der Waals surface area contributed by atoms with Crippen LogP contribution < -0.4 is 0 Å². The van der Waals surface area contributed by atoms with Crippen molar-refractivity contribution >= 4 is 14.6 Å². The minimum Gasteiger partial charge on any atom is -0.411 e. The molecule has 1 heterocycles. The number of aldehydes is 1. The van der Waals surface area contributed by atoms with Crippen LogP contribution in [-0.4, -0.2) is 24.2 Å². The van der Waals surface area contributed by atoms with E-state index < -0.39 is 8.32 Å². The van der Waals surface area contributed by atoms with Crippen molar-refractivity contribution in [3.63, 3.8) is 0 Å². The smallest absolute Gasteiger partial charge is 0.192 e. The van der Waals surface area contributed by atoms with Gasteiger partial charge in [-0.3, -0.25) is 4.79 Å². The highest BCUT2D eigenvalue weighted by molar-refractivity contribution is 6.74. The largest absolute Gasteiger partial charge is 0.411 e. The zero-order valence-corrected chi connectivity index (χ0v) is 12.6. The molecule has 17 heavy (non-hydrogen) atoms. The van der Waals surface area contributed by atoms with Gasteiger partial charge in [0.15, 0.2) is 20.4 Å². The predicted molar refractivity (Wildman–Crippen MR) is 70.6 cm³/mol. The van der Waals surface area contributed by atoms with Crippen molar-refractivity contribution in [2.24, 2.45) is 7.05 Å². The van der Waals surface area contributed by atoms with Gasteiger partial charge < -0.3 is 8.99 Å². The Labute approximate surface area is 104 Å². The van der Waals surface area contributed by atoms with Crippen LogP contribution in [0, 0.1) is 0 Å². The van der Waals surface area contributed by atoms with E-state index in [4.69, 9.17) is 4.43 Å². The molecule has 0 aliphatic heterocycles. The van der Waals surface area contributed by atoms with Crippen LogP contribution in [0.2, 0.25) is 18.1 Å². The zero-order chi connectivity index (χ0) is 13.3. The van der Waals surface area contributed by atoms with Crippen LogP contribution in [0.1, 0.15) is 37.1 Å². The molecule has 4 nitrogen and oxygen atoms in total. The lowest BCUT2D eigenvalue weighted by Crippen LogP contribution is -2.40. The average molecular weight is 254 g/mol. The molecular formula is C12H22N2O2Si. The summed E-state index contributed by atoms with van der Waals surface area (Å²) in [6, 6.07) is 0. The molecule has 0 aromatic carbocycles. The third kappa shape index (κ3) is 3.04. The molecule has 0 atom stereocenters. The second-order valence-corrected chi connectivity index (χ2v) is 10.6. The molecule has 0 amide bonds. The van der Waals surface area contributed by atoms with Crippen molar-refractivity contribution in [3.8, 4) is 0 Å². The van der Waals surface area contributed by atoms with E-state index in [-0.39, 0.29) is 5.04 Å². The minimum atomic E-state index is -1.74. The number of hydrogen-bond acceptors (Lipinski definition) is 3. The van der Waals surface area contributed by atoms with Gasteiger partial charge in [0.05, 0.1) is 18.5 Å². The van der Waals surface area contributed by atoms with E-state index in [9.17, 15) is 4.79 Å². The first-order valence-corrected chi connectivity index (χ1v) is 8.69. The van der Waals surface area contributed by atoms with Gasteiger partial charge in [0.1, 0.15) is 0 Å². The first kappa shape index (κ1) is 14.1. The molecule has 0 aliphatic rings. The standard InChI is InChI=1S/C12H22N2O2Si/c1-12(2,3)17(5,6)16-9-10-7-13-11(8-15)14(10)4/h7-8H,9H2,1-6H3. The van der Waals surface area contributed by atoms with Crippen LogP contribution in [0.5, 0.6) is 0 Å². The lowest BCUT2D eigenvalue weighted by molar-refractivity contribution is 0.111. The molecule has 5 heteroatoms. The van der Waals surface area contributed by atoms with Gasteiger partial charge in [-0.2, -0.15) is 0 Å². The number of hydrogen-bond donors (Lipinski definition) is 0. The molecule has 0 aliphatic carbocycles. The van der Waals surface area contributed by atoms with Gasteiger partial charge in [-0.25, -0.2) is 4.98 Å². The summed E-state index contributed by atoms with van der Waals surface area (Å²) in [6.45, 7) is 11.6. The maximum Gasteiger partial charge on any atom is 0.192 e. The van der Waals surface area contributed by atoms with Gasteiger partial charge >= 0.3 is 0 Å². The maximum atomic E-state index is 10.7. The maximum absolute atomic E-state index is 10.7. The van der Waals surface area contributed by atoms with Gasteiger partial charge in [0.25, 0.3) is 0 Å². The molecule has 1 aromatic heterocycles. The lowest BCUT2D eigenvalue weighted by atomic mass is 10.2. The summed E-state index contributed by atoms with van der Waals surface area (Å²) in [4.78, 5) is 14.7. The molecule has 0 fully saturated rings. The van der Waals surface area contributed by atoms with Crippen molar-refractivity contribution in [1.29, 1.82) is 0 Å². The Morgan fingerprint density at radius 1 is 1.47 bits per heavy atom. The van der Waals surface area contributed by atoms with E-state index in [0.717, 1.165) is 12.0 Å². The molecule has 0 N–H and O–H groups in total. The Balaban J connectivity index is 2.74. The Morgan fingerprint density at radius 2 is 2.06 bits per heavy atom. The topological polar surface area (TPSA) is 44.1 Å². The molecule has 0 saturated heterocycles. The monoisotopic (exact) mass is 254 g/mol. The van der Waals surface area contributed by atoms with Crippen LogP contribution in [0.15, 0.2) is 6.20 Å². The molecule has 96 valence electrons. The van der Waals surface area contributed by atoms with E-state index in [1.807, 2.05) is 7.05 Å². The van der Waals surface area contributed by atoms with Crippen molar-refractivity contribution in [1.82, 2.24) is 9.55 Å². The second kappa shape index (κ2) is 4.74. The first-order valence-electron chi connectivity index (χ1n) is 5.79. The Hall–Kier alpha value is -0.943. The minimum absolute atomic E-state index is 0.194. The second-order valence-electron chi connectivity index (χ2n) is 5.83. The predicted octanol–water partition coefficient (Wildman–Crippen LogP) is 2.75. The van der Waals surface area contributed by atoms with Gasteiger partial charge in [-0.15, -0.1) is 0 Å². The summed E-state index contributed by atoms with van der Waals surface area (Å²) in [5, 5.41) is 0.194. The Morgan fingerprint density at radius 3 is 2.47 bits per heavy atom. The lowest BCUT2D eigenvalue weighted by Gasteiger charge is -2.36. The summed E-state index contributed by atoms with van der Waals surface area (Å²) < 4.78 is 7.86. The van der Waals surface area contributed by atoms with E-state index >= 15 is 0 Å². The van der Waals surface area contributed by atoms with E-state index in [1.165, 1.54) is 0 Å². The zero-order valence-electron chi connectivity index (χ0n) is 11.6. The molecule has 1 rings (SSSR count). The van der Waals surface area contributed by atoms with Crippen molar-refractivity contribution in [3.05, 3.63) is 17.7 Å². The summed E-state index contributed by atoms with van der Waals surface area (Å²) >= 11 is 0. The summed E-state index contributed by atoms with van der Waals surface area (Å²) in [5.41, 5.74) is 0.942. The van der Waals surface area contributed by atoms with Crippen LogP contribution in [0.25, 0.3) is 0 Å². The van der Waals surface area contributed by atoms with Crippen molar-refractivity contribution in [2.75, 3.05) is 0 Å². The fraction of sp³-hybridized carbons (Fsp3) is 0.667. The van der Waals surface area contributed by atoms with E-state index in [0.29, 0.717) is 12.4 Å². The van der Waals surface area contributed by atoms with Gasteiger partial charge in [-0.1, -0.05) is 20.8 Å². The molecule has 1 aromatic rings. The Bertz CT molecular complexity index is 405. The van der Waals surface area contributed by atoms with Crippen LogP contribution >= 0.6 is 0 Å². The van der Waals surface area contributed by atoms with Crippen LogP contribution in [0.4, 0.5) is 0 Å². The number of imidazole rings is 1. The van der Waals surface area contributed by atoms with Gasteiger partial charge in [0, 0.05) is 7.05 Å². The fourth-order valence-electron chi connectivity index (χ4n) is 1.18.